The topological polar surface area (TPSA) is 117 Å². The van der Waals surface area contributed by atoms with E-state index < -0.39 is 17.2 Å². The van der Waals surface area contributed by atoms with Crippen molar-refractivity contribution < 1.29 is 4.79 Å². The third-order valence-electron chi connectivity index (χ3n) is 3.55. The minimum atomic E-state index is -0.571. The number of aryl methyl sites for hydroxylation is 2. The highest BCUT2D eigenvalue weighted by atomic mass is 16.2. The molecule has 0 radical (unpaired) electrons. The highest BCUT2D eigenvalue weighted by Crippen LogP contribution is 2.02. The zero-order valence-corrected chi connectivity index (χ0v) is 12.9. The lowest BCUT2D eigenvalue weighted by Crippen LogP contribution is -2.44. The van der Waals surface area contributed by atoms with Gasteiger partial charge in [0.05, 0.1) is 6.33 Å². The summed E-state index contributed by atoms with van der Waals surface area (Å²) < 4.78 is 3.70. The van der Waals surface area contributed by atoms with Gasteiger partial charge in [-0.05, 0) is 12.5 Å². The van der Waals surface area contributed by atoms with Crippen LogP contribution in [0.15, 0.2) is 15.9 Å². The molecule has 0 spiro atoms. The van der Waals surface area contributed by atoms with Gasteiger partial charge in [0.1, 0.15) is 6.54 Å². The molecule has 1 unspecified atom stereocenters. The van der Waals surface area contributed by atoms with Gasteiger partial charge in [-0.2, -0.15) is 0 Å². The Morgan fingerprint density at radius 3 is 2.73 bits per heavy atom. The van der Waals surface area contributed by atoms with Gasteiger partial charge >= 0.3 is 5.69 Å². The number of nitrogens with one attached hydrogen (secondary N) is 1. The second-order valence-corrected chi connectivity index (χ2v) is 5.41. The first-order valence-electron chi connectivity index (χ1n) is 6.94. The van der Waals surface area contributed by atoms with Gasteiger partial charge < -0.3 is 15.6 Å². The summed E-state index contributed by atoms with van der Waals surface area (Å²) in [7, 11) is 3.18. The van der Waals surface area contributed by atoms with Crippen LogP contribution < -0.4 is 22.3 Å². The fraction of sp³-hybridized carbons (Fsp3) is 0.538. The fourth-order valence-electron chi connectivity index (χ4n) is 2.11. The molecule has 9 heteroatoms. The van der Waals surface area contributed by atoms with Crippen molar-refractivity contribution in [3.8, 4) is 0 Å². The molecule has 1 amide bonds. The lowest BCUT2D eigenvalue weighted by molar-refractivity contribution is -0.121. The molecule has 0 fully saturated rings. The molecule has 0 aliphatic heterocycles. The van der Waals surface area contributed by atoms with E-state index in [0.29, 0.717) is 18.7 Å². The molecular formula is C13H20N6O3. The Kier molecular flexibility index (Phi) is 4.45. The van der Waals surface area contributed by atoms with E-state index in [-0.39, 0.29) is 18.0 Å². The van der Waals surface area contributed by atoms with E-state index in [0.717, 1.165) is 4.57 Å². The number of imidazole rings is 1. The number of fused-ring (bicyclic) bond motifs is 1. The number of rotatable bonds is 5. The van der Waals surface area contributed by atoms with Crippen molar-refractivity contribution in [3.05, 3.63) is 27.2 Å². The van der Waals surface area contributed by atoms with E-state index in [1.165, 1.54) is 22.5 Å². The zero-order chi connectivity index (χ0) is 16.4. The first kappa shape index (κ1) is 16.0. The first-order chi connectivity index (χ1) is 10.4. The third-order valence-corrected chi connectivity index (χ3v) is 3.55. The molecule has 2 aromatic heterocycles. The van der Waals surface area contributed by atoms with Crippen molar-refractivity contribution in [1.29, 1.82) is 0 Å². The molecule has 0 aromatic carbocycles. The highest BCUT2D eigenvalue weighted by molar-refractivity contribution is 5.76. The number of nitrogens with zero attached hydrogens (tertiary/aromatic N) is 4. The zero-order valence-electron chi connectivity index (χ0n) is 12.9. The van der Waals surface area contributed by atoms with Crippen molar-refractivity contribution in [2.45, 2.75) is 13.5 Å². The normalized spacial score (nSPS) is 12.5. The maximum atomic E-state index is 12.4. The van der Waals surface area contributed by atoms with E-state index in [9.17, 15) is 14.4 Å². The summed E-state index contributed by atoms with van der Waals surface area (Å²) in [5.74, 6) is -0.274. The Morgan fingerprint density at radius 1 is 1.41 bits per heavy atom. The lowest BCUT2D eigenvalue weighted by Gasteiger charge is -2.11. The van der Waals surface area contributed by atoms with Crippen molar-refractivity contribution in [3.63, 3.8) is 0 Å². The largest absolute Gasteiger partial charge is 0.354 e. The number of nitrogens with two attached hydrogens (primary N) is 1. The van der Waals surface area contributed by atoms with Crippen molar-refractivity contribution in [2.75, 3.05) is 13.1 Å². The number of carbonyl (C=O) groups excluding carboxylic acids is 1. The second kappa shape index (κ2) is 6.14. The van der Waals surface area contributed by atoms with E-state index in [1.54, 1.807) is 7.05 Å². The average Bonchev–Trinajstić information content (AvgIpc) is 2.89. The second-order valence-electron chi connectivity index (χ2n) is 5.41. The lowest BCUT2D eigenvalue weighted by atomic mass is 10.2. The minimum Gasteiger partial charge on any atom is -0.354 e. The maximum absolute atomic E-state index is 12.4. The Balaban J connectivity index is 2.36. The Bertz CT molecular complexity index is 816. The van der Waals surface area contributed by atoms with Gasteiger partial charge in [0, 0.05) is 20.6 Å². The number of hydrogen-bond acceptors (Lipinski definition) is 5. The standard InChI is InChI=1S/C13H20N6O3/c1-8(4-14)5-15-9(20)6-19-12(21)10-11(16-7-17(10)2)18(3)13(19)22/h7-8H,4-6,14H2,1-3H3,(H,15,20). The van der Waals surface area contributed by atoms with Crippen LogP contribution in [0.5, 0.6) is 0 Å². The van der Waals surface area contributed by atoms with E-state index >= 15 is 0 Å². The molecule has 0 aliphatic carbocycles. The minimum absolute atomic E-state index is 0.128. The predicted molar refractivity (Wildman–Crippen MR) is 81.4 cm³/mol. The van der Waals surface area contributed by atoms with E-state index in [2.05, 4.69) is 10.3 Å². The molecule has 0 aliphatic rings. The van der Waals surface area contributed by atoms with Gasteiger partial charge in [0.15, 0.2) is 11.2 Å². The van der Waals surface area contributed by atoms with Crippen LogP contribution in [0.4, 0.5) is 0 Å². The predicted octanol–water partition coefficient (Wildman–Crippen LogP) is -1.86. The van der Waals surface area contributed by atoms with Crippen molar-refractivity contribution >= 4 is 17.1 Å². The maximum Gasteiger partial charge on any atom is 0.332 e. The Hall–Kier alpha value is -2.42. The molecule has 0 saturated heterocycles. The summed E-state index contributed by atoms with van der Waals surface area (Å²) in [6.45, 7) is 2.42. The fourth-order valence-corrected chi connectivity index (χ4v) is 2.11. The van der Waals surface area contributed by atoms with Crippen molar-refractivity contribution in [2.24, 2.45) is 25.7 Å². The van der Waals surface area contributed by atoms with Crippen LogP contribution in [-0.4, -0.2) is 37.7 Å². The van der Waals surface area contributed by atoms with Crippen LogP contribution in [0.3, 0.4) is 0 Å². The van der Waals surface area contributed by atoms with Gasteiger partial charge in [0.2, 0.25) is 5.91 Å². The summed E-state index contributed by atoms with van der Waals surface area (Å²) in [6, 6.07) is 0. The van der Waals surface area contributed by atoms with Crippen LogP contribution >= 0.6 is 0 Å². The van der Waals surface area contributed by atoms with Gasteiger partial charge in [-0.3, -0.25) is 14.2 Å². The molecule has 0 bridgehead atoms. The van der Waals surface area contributed by atoms with E-state index in [1.807, 2.05) is 6.92 Å². The van der Waals surface area contributed by atoms with Crippen LogP contribution in [0.25, 0.3) is 11.2 Å². The van der Waals surface area contributed by atoms with Gasteiger partial charge in [-0.25, -0.2) is 14.3 Å². The molecule has 0 saturated carbocycles. The number of amides is 1. The smallest absolute Gasteiger partial charge is 0.332 e. The molecule has 3 N–H and O–H groups in total. The molecule has 22 heavy (non-hydrogen) atoms. The highest BCUT2D eigenvalue weighted by Gasteiger charge is 2.16. The molecular weight excluding hydrogens is 288 g/mol. The molecule has 2 heterocycles. The average molecular weight is 308 g/mol. The summed E-state index contributed by atoms with van der Waals surface area (Å²) in [6.07, 6.45) is 1.46. The quantitative estimate of drug-likeness (QED) is 0.672. The Morgan fingerprint density at radius 2 is 2.09 bits per heavy atom. The molecule has 2 aromatic rings. The summed E-state index contributed by atoms with van der Waals surface area (Å²) in [4.78, 5) is 40.6. The summed E-state index contributed by atoms with van der Waals surface area (Å²) in [5.41, 5.74) is 4.96. The Labute approximate surface area is 126 Å². The third kappa shape index (κ3) is 2.80. The monoisotopic (exact) mass is 308 g/mol. The van der Waals surface area contributed by atoms with Crippen LogP contribution in [-0.2, 0) is 25.4 Å². The van der Waals surface area contributed by atoms with Crippen LogP contribution in [0.2, 0.25) is 0 Å². The van der Waals surface area contributed by atoms with Gasteiger partial charge in [0.25, 0.3) is 5.56 Å². The van der Waals surface area contributed by atoms with Gasteiger partial charge in [-0.1, -0.05) is 6.92 Å². The molecule has 1 atom stereocenters. The molecule has 120 valence electrons. The van der Waals surface area contributed by atoms with Crippen LogP contribution in [0.1, 0.15) is 6.92 Å². The summed E-state index contributed by atoms with van der Waals surface area (Å²) >= 11 is 0. The number of carbonyl (C=O) groups is 1. The van der Waals surface area contributed by atoms with Gasteiger partial charge in [-0.15, -0.1) is 0 Å². The molecule has 2 rings (SSSR count). The first-order valence-corrected chi connectivity index (χ1v) is 6.94. The SMILES string of the molecule is CC(CN)CNC(=O)Cn1c(=O)c2c(ncn2C)n(C)c1=O. The van der Waals surface area contributed by atoms with Crippen molar-refractivity contribution in [1.82, 2.24) is 24.0 Å². The molecule has 9 nitrogen and oxygen atoms in total. The summed E-state index contributed by atoms with van der Waals surface area (Å²) in [5, 5.41) is 2.66. The number of hydrogen-bond donors (Lipinski definition) is 2. The van der Waals surface area contributed by atoms with Crippen LogP contribution in [0, 0.1) is 5.92 Å². The van der Waals surface area contributed by atoms with E-state index in [4.69, 9.17) is 5.73 Å². The number of aromatic nitrogens is 4.